The van der Waals surface area contributed by atoms with Gasteiger partial charge in [-0.05, 0) is 46.7 Å². The summed E-state index contributed by atoms with van der Waals surface area (Å²) < 4.78 is 0. The van der Waals surface area contributed by atoms with Gasteiger partial charge in [0.2, 0.25) is 5.82 Å². The third-order valence-electron chi connectivity index (χ3n) is 5.78. The lowest BCUT2D eigenvalue weighted by Crippen LogP contribution is -2.31. The molecule has 0 aliphatic carbocycles. The van der Waals surface area contributed by atoms with Crippen LogP contribution in [0.4, 0.5) is 0 Å². The van der Waals surface area contributed by atoms with Crippen molar-refractivity contribution < 1.29 is 4.79 Å². The Labute approximate surface area is 188 Å². The minimum Gasteiger partial charge on any atom is -0.290 e. The molecule has 2 aromatic carbocycles. The molecule has 2 heterocycles. The Bertz CT molecular complexity index is 1140. The lowest BCUT2D eigenvalue weighted by Gasteiger charge is -2.18. The van der Waals surface area contributed by atoms with E-state index in [1.54, 1.807) is 0 Å². The number of hydrogen-bond donors (Lipinski definition) is 1. The number of benzene rings is 2. The highest BCUT2D eigenvalue weighted by Crippen LogP contribution is 2.30. The predicted octanol–water partition coefficient (Wildman–Crippen LogP) is 5.15. The summed E-state index contributed by atoms with van der Waals surface area (Å²) in [5.41, 5.74) is 5.85. The second kappa shape index (κ2) is 9.68. The summed E-state index contributed by atoms with van der Waals surface area (Å²) in [4.78, 5) is 19.7. The van der Waals surface area contributed by atoms with E-state index in [1.807, 2.05) is 29.2 Å². The highest BCUT2D eigenvalue weighted by Gasteiger charge is 2.31. The largest absolute Gasteiger partial charge is 0.290 e. The average Bonchev–Trinajstić information content (AvgIpc) is 3.46. The van der Waals surface area contributed by atoms with Gasteiger partial charge in [0.15, 0.2) is 0 Å². The number of hydrogen-bond acceptors (Lipinski definition) is 5. The van der Waals surface area contributed by atoms with E-state index in [1.165, 1.54) is 0 Å². The van der Waals surface area contributed by atoms with Crippen LogP contribution in [0, 0.1) is 0 Å². The molecule has 0 radical (unpaired) electrons. The Morgan fingerprint density at radius 2 is 1.69 bits per heavy atom. The Morgan fingerprint density at radius 1 is 0.969 bits per heavy atom. The Balaban J connectivity index is 1.59. The SMILES string of the molecule is CCCC1=NC(=C(CC)CC)C(=O)N1Cc1ccc(-c2ccccc2-c2nn[nH]n2)cc1. The zero-order valence-electron chi connectivity index (χ0n) is 18.8. The molecule has 3 aromatic rings. The van der Waals surface area contributed by atoms with Crippen molar-refractivity contribution >= 4 is 11.7 Å². The highest BCUT2D eigenvalue weighted by molar-refractivity contribution is 6.12. The summed E-state index contributed by atoms with van der Waals surface area (Å²) in [6, 6.07) is 16.3. The molecule has 0 unspecified atom stereocenters. The Kier molecular flexibility index (Phi) is 6.54. The van der Waals surface area contributed by atoms with Crippen molar-refractivity contribution in [3.8, 4) is 22.5 Å². The summed E-state index contributed by atoms with van der Waals surface area (Å²) >= 11 is 0. The van der Waals surface area contributed by atoms with Crippen LogP contribution in [-0.2, 0) is 11.3 Å². The minimum atomic E-state index is 0.0266. The van der Waals surface area contributed by atoms with Crippen LogP contribution in [0.2, 0.25) is 0 Å². The zero-order chi connectivity index (χ0) is 22.5. The van der Waals surface area contributed by atoms with E-state index < -0.39 is 0 Å². The normalized spacial score (nSPS) is 13.6. The van der Waals surface area contributed by atoms with Crippen molar-refractivity contribution in [2.45, 2.75) is 53.0 Å². The molecule has 1 aromatic heterocycles. The molecule has 0 saturated heterocycles. The van der Waals surface area contributed by atoms with Crippen LogP contribution in [0.3, 0.4) is 0 Å². The summed E-state index contributed by atoms with van der Waals surface area (Å²) in [7, 11) is 0. The van der Waals surface area contributed by atoms with Crippen molar-refractivity contribution in [1.29, 1.82) is 0 Å². The van der Waals surface area contributed by atoms with Gasteiger partial charge in [-0.3, -0.25) is 9.69 Å². The molecule has 0 spiro atoms. The molecule has 7 nitrogen and oxygen atoms in total. The number of carbonyl (C=O) groups is 1. The second-order valence-corrected chi connectivity index (χ2v) is 7.81. The number of amidine groups is 1. The van der Waals surface area contributed by atoms with Crippen molar-refractivity contribution in [3.63, 3.8) is 0 Å². The average molecular weight is 429 g/mol. The number of allylic oxidation sites excluding steroid dienone is 1. The third-order valence-corrected chi connectivity index (χ3v) is 5.78. The lowest BCUT2D eigenvalue weighted by atomic mass is 9.98. The van der Waals surface area contributed by atoms with Crippen molar-refractivity contribution in [3.05, 3.63) is 65.4 Å². The standard InChI is InChI=1S/C25H28N6O/c1-4-9-22-26-23(18(5-2)6-3)25(32)31(22)16-17-12-14-19(15-13-17)20-10-7-8-11-21(20)24-27-29-30-28-24/h7-8,10-15H,4-6,9,16H2,1-3H3,(H,27,28,29,30). The number of rotatable bonds is 8. The van der Waals surface area contributed by atoms with Gasteiger partial charge in [-0.25, -0.2) is 4.99 Å². The first-order chi connectivity index (χ1) is 15.7. The van der Waals surface area contributed by atoms with Gasteiger partial charge in [-0.1, -0.05) is 69.3 Å². The quantitative estimate of drug-likeness (QED) is 0.503. The van der Waals surface area contributed by atoms with E-state index in [4.69, 9.17) is 4.99 Å². The van der Waals surface area contributed by atoms with Gasteiger partial charge in [0, 0.05) is 12.0 Å². The molecule has 0 saturated carbocycles. The number of nitrogens with one attached hydrogen (secondary N) is 1. The molecule has 0 fully saturated rings. The molecule has 1 amide bonds. The molecule has 1 aliphatic rings. The summed E-state index contributed by atoms with van der Waals surface area (Å²) in [6.45, 7) is 6.81. The molecule has 0 bridgehead atoms. The van der Waals surface area contributed by atoms with Gasteiger partial charge in [0.25, 0.3) is 5.91 Å². The fourth-order valence-corrected chi connectivity index (χ4v) is 4.05. The van der Waals surface area contributed by atoms with Crippen LogP contribution < -0.4 is 0 Å². The molecule has 4 rings (SSSR count). The van der Waals surface area contributed by atoms with E-state index >= 15 is 0 Å². The van der Waals surface area contributed by atoms with E-state index in [2.05, 4.69) is 65.7 Å². The van der Waals surface area contributed by atoms with Crippen LogP contribution in [0.1, 0.15) is 52.0 Å². The zero-order valence-corrected chi connectivity index (χ0v) is 18.8. The van der Waals surface area contributed by atoms with Gasteiger partial charge < -0.3 is 0 Å². The van der Waals surface area contributed by atoms with Crippen LogP contribution >= 0.6 is 0 Å². The molecular formula is C25H28N6O. The Hall–Kier alpha value is -3.61. The van der Waals surface area contributed by atoms with Crippen LogP contribution in [0.15, 0.2) is 64.8 Å². The number of amides is 1. The number of tetrazole rings is 1. The fourth-order valence-electron chi connectivity index (χ4n) is 4.05. The van der Waals surface area contributed by atoms with E-state index in [-0.39, 0.29) is 5.91 Å². The summed E-state index contributed by atoms with van der Waals surface area (Å²) in [5, 5.41) is 14.4. The topological polar surface area (TPSA) is 87.1 Å². The van der Waals surface area contributed by atoms with Crippen LogP contribution in [0.5, 0.6) is 0 Å². The minimum absolute atomic E-state index is 0.0266. The second-order valence-electron chi connectivity index (χ2n) is 7.81. The maximum Gasteiger partial charge on any atom is 0.278 e. The van der Waals surface area contributed by atoms with Crippen molar-refractivity contribution in [1.82, 2.24) is 25.5 Å². The molecule has 0 atom stereocenters. The first-order valence-corrected chi connectivity index (χ1v) is 11.2. The van der Waals surface area contributed by atoms with E-state index in [9.17, 15) is 4.79 Å². The van der Waals surface area contributed by atoms with Crippen LogP contribution in [-0.4, -0.2) is 37.3 Å². The molecule has 1 N–H and O–H groups in total. The maximum atomic E-state index is 13.1. The predicted molar refractivity (Wildman–Crippen MR) is 126 cm³/mol. The number of aromatic amines is 1. The first-order valence-electron chi connectivity index (χ1n) is 11.2. The first kappa shape index (κ1) is 21.6. The monoisotopic (exact) mass is 428 g/mol. The highest BCUT2D eigenvalue weighted by atomic mass is 16.2. The molecular weight excluding hydrogens is 400 g/mol. The summed E-state index contributed by atoms with van der Waals surface area (Å²) in [5.74, 6) is 1.46. The lowest BCUT2D eigenvalue weighted by molar-refractivity contribution is -0.123. The van der Waals surface area contributed by atoms with Gasteiger partial charge in [-0.2, -0.15) is 5.21 Å². The summed E-state index contributed by atoms with van der Waals surface area (Å²) in [6.07, 6.45) is 3.45. The van der Waals surface area contributed by atoms with Crippen molar-refractivity contribution in [2.24, 2.45) is 4.99 Å². The van der Waals surface area contributed by atoms with Crippen LogP contribution in [0.25, 0.3) is 22.5 Å². The van der Waals surface area contributed by atoms with Gasteiger partial charge in [0.1, 0.15) is 11.5 Å². The third kappa shape index (κ3) is 4.23. The van der Waals surface area contributed by atoms with Gasteiger partial charge in [0.05, 0.1) is 6.54 Å². The van der Waals surface area contributed by atoms with Crippen molar-refractivity contribution in [2.75, 3.05) is 0 Å². The Morgan fingerprint density at radius 3 is 2.31 bits per heavy atom. The molecule has 164 valence electrons. The number of nitrogens with zero attached hydrogens (tertiary/aromatic N) is 5. The number of H-pyrrole nitrogens is 1. The molecule has 1 aliphatic heterocycles. The fraction of sp³-hybridized carbons (Fsp3) is 0.320. The van der Waals surface area contributed by atoms with Gasteiger partial charge >= 0.3 is 0 Å². The number of aliphatic imine (C=N–C) groups is 1. The van der Waals surface area contributed by atoms with E-state index in [0.717, 1.165) is 59.3 Å². The smallest absolute Gasteiger partial charge is 0.278 e. The maximum absolute atomic E-state index is 13.1. The number of aromatic nitrogens is 4. The van der Waals surface area contributed by atoms with E-state index in [0.29, 0.717) is 18.1 Å². The molecule has 32 heavy (non-hydrogen) atoms. The number of carbonyl (C=O) groups excluding carboxylic acids is 1. The molecule has 7 heteroatoms. The van der Waals surface area contributed by atoms with Gasteiger partial charge in [-0.15, -0.1) is 10.2 Å².